The molecule has 0 amide bonds. The summed E-state index contributed by atoms with van der Waals surface area (Å²) in [6, 6.07) is 9.78. The minimum absolute atomic E-state index is 0.143. The average molecular weight is 776 g/mol. The zero-order valence-electron chi connectivity index (χ0n) is 33.4. The van der Waals surface area contributed by atoms with Crippen LogP contribution in [0.15, 0.2) is 36.7 Å². The van der Waals surface area contributed by atoms with E-state index in [9.17, 15) is 9.28 Å². The lowest BCUT2D eigenvalue weighted by atomic mass is 10.0. The Bertz CT molecular complexity index is 1410. The van der Waals surface area contributed by atoms with E-state index >= 15 is 0 Å². The number of methoxy groups -OCH3 is 1. The predicted octanol–water partition coefficient (Wildman–Crippen LogP) is 10.5. The van der Waals surface area contributed by atoms with E-state index in [-0.39, 0.29) is 37.6 Å². The molecular weight excluding hydrogens is 708 g/mol. The molecule has 1 saturated heterocycles. The van der Waals surface area contributed by atoms with Crippen LogP contribution in [0.1, 0.15) is 153 Å². The lowest BCUT2D eigenvalue weighted by molar-refractivity contribution is 0.00987. The number of nitrogens with two attached hydrogens (primary N) is 1. The number of unbranched alkanes of at least 4 members (excludes halogenated alkanes) is 13. The van der Waals surface area contributed by atoms with Crippen LogP contribution in [0.4, 0.5) is 10.2 Å². The van der Waals surface area contributed by atoms with Gasteiger partial charge in [0, 0.05) is 20.3 Å². The van der Waals surface area contributed by atoms with Crippen LogP contribution >= 0.6 is 8.60 Å². The van der Waals surface area contributed by atoms with Gasteiger partial charge in [-0.1, -0.05) is 104 Å². The summed E-state index contributed by atoms with van der Waals surface area (Å²) >= 11 is 0. The summed E-state index contributed by atoms with van der Waals surface area (Å²) in [5.74, 6) is -0.0585. The number of benzene rings is 1. The van der Waals surface area contributed by atoms with Gasteiger partial charge in [0.2, 0.25) is 0 Å². The Kier molecular flexibility index (Phi) is 26.7. The number of hydrogen-bond donors (Lipinski definition) is 2. The molecule has 4 rings (SSSR count). The van der Waals surface area contributed by atoms with Crippen molar-refractivity contribution in [3.05, 3.63) is 59.3 Å². The van der Waals surface area contributed by atoms with E-state index in [0.717, 1.165) is 30.7 Å². The Morgan fingerprint density at radius 2 is 1.57 bits per heavy atom. The largest absolute Gasteiger partial charge is 0.385 e. The number of nitrogen functional groups attached to an aromatic ring is 1. The maximum atomic E-state index is 13.4. The number of nitrogens with zero attached hydrogens (tertiary/aromatic N) is 4. The molecule has 3 heterocycles. The number of ether oxygens (including phenoxy) is 3. The van der Waals surface area contributed by atoms with Gasteiger partial charge in [-0.3, -0.25) is 0 Å². The highest BCUT2D eigenvalue weighted by atomic mass is 31.2. The van der Waals surface area contributed by atoms with Crippen LogP contribution in [-0.4, -0.2) is 59.1 Å². The number of fused-ring (bicyclic) bond motifs is 1. The molecule has 0 saturated carbocycles. The zero-order valence-corrected chi connectivity index (χ0v) is 34.2. The topological polar surface area (TPSA) is 146 Å². The molecule has 0 spiro atoms. The normalized spacial score (nSPS) is 15.6. The average Bonchev–Trinajstić information content (AvgIpc) is 3.84. The molecule has 11 nitrogen and oxygen atoms in total. The molecule has 304 valence electrons. The second-order valence-corrected chi connectivity index (χ2v) is 14.3. The summed E-state index contributed by atoms with van der Waals surface area (Å²) in [5, 5.41) is 13.1. The van der Waals surface area contributed by atoms with Crippen molar-refractivity contribution in [2.24, 2.45) is 0 Å². The fourth-order valence-corrected chi connectivity index (χ4v) is 6.83. The van der Waals surface area contributed by atoms with Gasteiger partial charge in [0.1, 0.15) is 23.8 Å². The second kappa shape index (κ2) is 30.5. The first-order valence-corrected chi connectivity index (χ1v) is 21.3. The Morgan fingerprint density at radius 3 is 2.22 bits per heavy atom. The molecule has 1 aliphatic heterocycles. The molecular formula is C41H67FN5O6P. The molecule has 1 aliphatic rings. The van der Waals surface area contributed by atoms with Crippen molar-refractivity contribution in [1.29, 1.82) is 5.26 Å². The predicted molar refractivity (Wildman–Crippen MR) is 214 cm³/mol. The van der Waals surface area contributed by atoms with Crippen molar-refractivity contribution in [3.63, 3.8) is 0 Å². The van der Waals surface area contributed by atoms with Gasteiger partial charge in [0.15, 0.2) is 5.82 Å². The second-order valence-electron chi connectivity index (χ2n) is 13.3. The summed E-state index contributed by atoms with van der Waals surface area (Å²) in [7, 11) is -0.234. The quantitative estimate of drug-likeness (QED) is 0.0596. The van der Waals surface area contributed by atoms with Crippen LogP contribution in [0, 0.1) is 17.1 Å². The number of rotatable bonds is 26. The van der Waals surface area contributed by atoms with Gasteiger partial charge in [-0.05, 0) is 61.6 Å². The van der Waals surface area contributed by atoms with Crippen molar-refractivity contribution in [3.8, 4) is 6.07 Å². The Morgan fingerprint density at radius 1 is 0.907 bits per heavy atom. The van der Waals surface area contributed by atoms with Crippen molar-refractivity contribution in [2.75, 3.05) is 39.3 Å². The molecule has 3 aromatic rings. The molecule has 3 atom stereocenters. The number of nitriles is 1. The minimum Gasteiger partial charge on any atom is -0.385 e. The van der Waals surface area contributed by atoms with Crippen LogP contribution in [-0.2, 0) is 29.9 Å². The van der Waals surface area contributed by atoms with E-state index in [1.165, 1.54) is 108 Å². The summed E-state index contributed by atoms with van der Waals surface area (Å²) < 4.78 is 42.4. The smallest absolute Gasteiger partial charge is 0.329 e. The van der Waals surface area contributed by atoms with E-state index < -0.39 is 14.4 Å². The first kappa shape index (κ1) is 47.4. The van der Waals surface area contributed by atoms with Gasteiger partial charge in [-0.2, -0.15) is 10.4 Å². The SMILES string of the molecule is CC.CCCCCCCCCCCCCCCCOC.N#Cc1cc(F)cc(COCCCOP(O)OCC2CCC(c3ccc4c(N)ncnn34)O2)c1. The number of aromatic nitrogens is 3. The third-order valence-electron chi connectivity index (χ3n) is 9.01. The maximum Gasteiger partial charge on any atom is 0.329 e. The standard InChI is InChI=1S/C22H25FN5O5P.C17H36O.C2H6/c23-17-9-15(11-24)8-16(10-17)12-30-6-1-7-31-34(29)32-13-18-2-5-21(33-18)19-3-4-20-22(25)26-14-27-28(19)20;1-3-4-5-6-7-8-9-10-11-12-13-14-15-16-17-18-2;1-2/h3-4,8-10,14,18,21,29H,1-2,5-7,12-13H2,(H2,25,26,27);3-17H2,1-2H3;1-2H3. The van der Waals surface area contributed by atoms with Crippen LogP contribution in [0.5, 0.6) is 0 Å². The van der Waals surface area contributed by atoms with Gasteiger partial charge in [-0.15, -0.1) is 0 Å². The molecule has 0 aliphatic carbocycles. The summed E-state index contributed by atoms with van der Waals surface area (Å²) in [5.41, 5.74) is 8.36. The van der Waals surface area contributed by atoms with E-state index in [0.29, 0.717) is 24.4 Å². The molecule has 3 N–H and O–H groups in total. The van der Waals surface area contributed by atoms with Crippen molar-refractivity contribution in [2.45, 2.75) is 149 Å². The lowest BCUT2D eigenvalue weighted by Crippen LogP contribution is -2.14. The third kappa shape index (κ3) is 19.7. The Balaban J connectivity index is 0.000000429. The van der Waals surface area contributed by atoms with Gasteiger partial charge < -0.3 is 33.9 Å². The van der Waals surface area contributed by atoms with E-state index in [2.05, 4.69) is 17.0 Å². The first-order valence-electron chi connectivity index (χ1n) is 20.2. The Hall–Kier alpha value is -2.75. The third-order valence-corrected chi connectivity index (χ3v) is 9.78. The molecule has 1 aromatic carbocycles. The highest BCUT2D eigenvalue weighted by Crippen LogP contribution is 2.38. The van der Waals surface area contributed by atoms with Crippen LogP contribution < -0.4 is 5.73 Å². The fraction of sp³-hybridized carbons (Fsp3) is 0.683. The number of hydrogen-bond acceptors (Lipinski definition) is 10. The maximum absolute atomic E-state index is 13.4. The van der Waals surface area contributed by atoms with Crippen molar-refractivity contribution >= 4 is 19.9 Å². The minimum atomic E-state index is -2.03. The molecule has 0 bridgehead atoms. The molecule has 13 heteroatoms. The van der Waals surface area contributed by atoms with Gasteiger partial charge in [0.25, 0.3) is 0 Å². The monoisotopic (exact) mass is 775 g/mol. The molecule has 54 heavy (non-hydrogen) atoms. The summed E-state index contributed by atoms with van der Waals surface area (Å²) in [4.78, 5) is 14.0. The molecule has 3 unspecified atom stereocenters. The van der Waals surface area contributed by atoms with E-state index in [1.807, 2.05) is 32.0 Å². The molecule has 0 radical (unpaired) electrons. The van der Waals surface area contributed by atoms with Crippen LogP contribution in [0.25, 0.3) is 5.52 Å². The van der Waals surface area contributed by atoms with Gasteiger partial charge in [-0.25, -0.2) is 13.9 Å². The number of anilines is 1. The molecule has 2 aromatic heterocycles. The fourth-order valence-electron chi connectivity index (χ4n) is 6.18. The zero-order chi connectivity index (χ0) is 39.2. The summed E-state index contributed by atoms with van der Waals surface area (Å²) in [6.07, 6.45) is 23.1. The van der Waals surface area contributed by atoms with E-state index in [1.54, 1.807) is 17.7 Å². The van der Waals surface area contributed by atoms with Crippen LogP contribution in [0.2, 0.25) is 0 Å². The van der Waals surface area contributed by atoms with Crippen molar-refractivity contribution in [1.82, 2.24) is 14.6 Å². The molecule has 1 fully saturated rings. The summed E-state index contributed by atoms with van der Waals surface area (Å²) in [6.45, 7) is 8.24. The Labute approximate surface area is 325 Å². The van der Waals surface area contributed by atoms with E-state index in [4.69, 9.17) is 34.3 Å². The highest BCUT2D eigenvalue weighted by molar-refractivity contribution is 7.40. The van der Waals surface area contributed by atoms with Crippen LogP contribution in [0.3, 0.4) is 0 Å². The first-order chi connectivity index (χ1) is 26.4. The van der Waals surface area contributed by atoms with Gasteiger partial charge in [0.05, 0.1) is 43.3 Å². The van der Waals surface area contributed by atoms with Gasteiger partial charge >= 0.3 is 8.60 Å². The van der Waals surface area contributed by atoms with Crippen molar-refractivity contribution < 1.29 is 32.5 Å². The number of halogens is 1. The highest BCUT2D eigenvalue weighted by Gasteiger charge is 2.30. The lowest BCUT2D eigenvalue weighted by Gasteiger charge is -2.16.